The predicted molar refractivity (Wildman–Crippen MR) is 64.6 cm³/mol. The summed E-state index contributed by atoms with van der Waals surface area (Å²) >= 11 is 0. The van der Waals surface area contributed by atoms with Crippen molar-refractivity contribution in [3.05, 3.63) is 0 Å². The number of ether oxygens (including phenoxy) is 1. The highest BCUT2D eigenvalue weighted by atomic mass is 19.4. The smallest absolute Gasteiger partial charge is 0.406 e. The lowest BCUT2D eigenvalue weighted by Crippen LogP contribution is -2.49. The lowest BCUT2D eigenvalue weighted by atomic mass is 9.86. The zero-order valence-corrected chi connectivity index (χ0v) is 11.4. The number of carboxylic acids is 1. The monoisotopic (exact) mass is 310 g/mol. The highest BCUT2D eigenvalue weighted by Gasteiger charge is 2.63. The van der Waals surface area contributed by atoms with Crippen LogP contribution in [0.4, 0.5) is 13.2 Å². The van der Waals surface area contributed by atoms with Gasteiger partial charge in [-0.2, -0.15) is 13.2 Å². The van der Waals surface area contributed by atoms with E-state index in [2.05, 4.69) is 0 Å². The maximum atomic E-state index is 13.0. The molecule has 1 N–H and O–H groups in total. The van der Waals surface area contributed by atoms with E-state index < -0.39 is 30.5 Å². The number of rotatable bonds is 3. The zero-order chi connectivity index (χ0) is 15.7. The molecule has 0 aromatic heterocycles. The largest absolute Gasteiger partial charge is 0.481 e. The number of nitrogens with zero attached hydrogens (tertiary/aromatic N) is 2. The second kappa shape index (κ2) is 5.80. The second-order valence-corrected chi connectivity index (χ2v) is 5.34. The van der Waals surface area contributed by atoms with Crippen molar-refractivity contribution in [3.63, 3.8) is 0 Å². The fourth-order valence-corrected chi connectivity index (χ4v) is 2.65. The first-order valence-electron chi connectivity index (χ1n) is 6.64. The molecule has 1 unspecified atom stereocenters. The number of likely N-dealkylation sites (tertiary alicyclic amines) is 1. The summed E-state index contributed by atoms with van der Waals surface area (Å²) in [5, 5.41) is 8.94. The molecule has 9 heteroatoms. The zero-order valence-electron chi connectivity index (χ0n) is 11.4. The minimum Gasteiger partial charge on any atom is -0.481 e. The van der Waals surface area contributed by atoms with E-state index in [0.29, 0.717) is 26.3 Å². The Bertz CT molecular complexity index is 423. The Kier molecular flexibility index (Phi) is 4.43. The molecule has 2 saturated heterocycles. The Labute approximate surface area is 119 Å². The first kappa shape index (κ1) is 16.0. The Morgan fingerprint density at radius 2 is 1.81 bits per heavy atom. The van der Waals surface area contributed by atoms with Crippen LogP contribution in [0.3, 0.4) is 0 Å². The first-order valence-corrected chi connectivity index (χ1v) is 6.64. The summed E-state index contributed by atoms with van der Waals surface area (Å²) in [6.45, 7) is 0.724. The van der Waals surface area contributed by atoms with Gasteiger partial charge in [0, 0.05) is 26.2 Å². The molecule has 2 heterocycles. The molecule has 0 aromatic carbocycles. The van der Waals surface area contributed by atoms with Crippen LogP contribution >= 0.6 is 0 Å². The van der Waals surface area contributed by atoms with Gasteiger partial charge in [0.25, 0.3) is 0 Å². The van der Waals surface area contributed by atoms with Crippen molar-refractivity contribution in [2.75, 3.05) is 45.9 Å². The lowest BCUT2D eigenvalue weighted by molar-refractivity contribution is -0.227. The van der Waals surface area contributed by atoms with E-state index in [1.165, 1.54) is 9.80 Å². The molecular weight excluding hydrogens is 293 g/mol. The Hall–Kier alpha value is -1.35. The summed E-state index contributed by atoms with van der Waals surface area (Å²) in [7, 11) is 0. The van der Waals surface area contributed by atoms with Crippen molar-refractivity contribution in [1.82, 2.24) is 9.80 Å². The van der Waals surface area contributed by atoms with Crippen molar-refractivity contribution < 1.29 is 32.6 Å². The van der Waals surface area contributed by atoms with Crippen molar-refractivity contribution in [3.8, 4) is 0 Å². The number of halogens is 3. The maximum Gasteiger partial charge on any atom is 0.406 e. The molecule has 0 spiro atoms. The molecular formula is C12H17F3N2O4. The summed E-state index contributed by atoms with van der Waals surface area (Å²) in [6, 6.07) is 0. The summed E-state index contributed by atoms with van der Waals surface area (Å²) in [6.07, 6.45) is -5.35. The van der Waals surface area contributed by atoms with E-state index in [1.807, 2.05) is 0 Å². The number of carboxylic acid groups (broad SMARTS) is 1. The molecule has 2 fully saturated rings. The van der Waals surface area contributed by atoms with Gasteiger partial charge in [-0.25, -0.2) is 0 Å². The number of hydrogen-bond donors (Lipinski definition) is 1. The van der Waals surface area contributed by atoms with Gasteiger partial charge in [-0.15, -0.1) is 0 Å². The molecule has 2 aliphatic heterocycles. The number of aliphatic carboxylic acids is 1. The fraction of sp³-hybridized carbons (Fsp3) is 0.833. The Balaban J connectivity index is 1.98. The highest BCUT2D eigenvalue weighted by Crippen LogP contribution is 2.45. The number of morpholine rings is 1. The van der Waals surface area contributed by atoms with Crippen molar-refractivity contribution in [2.45, 2.75) is 12.6 Å². The molecule has 0 saturated carbocycles. The molecule has 2 aliphatic rings. The maximum absolute atomic E-state index is 13.0. The molecule has 0 bridgehead atoms. The van der Waals surface area contributed by atoms with Crippen LogP contribution in [-0.4, -0.2) is 78.9 Å². The third-order valence-corrected chi connectivity index (χ3v) is 4.02. The van der Waals surface area contributed by atoms with Crippen LogP contribution in [0.15, 0.2) is 0 Å². The van der Waals surface area contributed by atoms with Gasteiger partial charge < -0.3 is 14.7 Å². The summed E-state index contributed by atoms with van der Waals surface area (Å²) in [5.41, 5.74) is -2.77. The van der Waals surface area contributed by atoms with Gasteiger partial charge >= 0.3 is 12.1 Å². The van der Waals surface area contributed by atoms with E-state index in [9.17, 15) is 22.8 Å². The van der Waals surface area contributed by atoms with E-state index in [-0.39, 0.29) is 19.0 Å². The van der Waals surface area contributed by atoms with Gasteiger partial charge in [0.1, 0.15) is 0 Å². The summed E-state index contributed by atoms with van der Waals surface area (Å²) < 4.78 is 44.1. The SMILES string of the molecule is O=C(CN1CCC(C(=O)O)(C(F)(F)F)C1)N1CCOCC1. The van der Waals surface area contributed by atoms with Crippen molar-refractivity contribution in [2.24, 2.45) is 5.41 Å². The molecule has 21 heavy (non-hydrogen) atoms. The number of hydrogen-bond acceptors (Lipinski definition) is 4. The van der Waals surface area contributed by atoms with Gasteiger partial charge in [0.05, 0.1) is 19.8 Å². The van der Waals surface area contributed by atoms with Gasteiger partial charge in [0.15, 0.2) is 5.41 Å². The molecule has 0 radical (unpaired) electrons. The normalized spacial score (nSPS) is 27.9. The average Bonchev–Trinajstić information content (AvgIpc) is 2.84. The number of amides is 1. The van der Waals surface area contributed by atoms with Crippen LogP contribution < -0.4 is 0 Å². The molecule has 2 rings (SSSR count). The summed E-state index contributed by atoms with van der Waals surface area (Å²) in [4.78, 5) is 25.8. The fourth-order valence-electron chi connectivity index (χ4n) is 2.65. The molecule has 1 amide bonds. The van der Waals surface area contributed by atoms with E-state index in [1.54, 1.807) is 0 Å². The van der Waals surface area contributed by atoms with Crippen LogP contribution in [0.25, 0.3) is 0 Å². The Morgan fingerprint density at radius 3 is 2.29 bits per heavy atom. The molecule has 0 aliphatic carbocycles. The number of carbonyl (C=O) groups is 2. The number of alkyl halides is 3. The van der Waals surface area contributed by atoms with Crippen LogP contribution in [0, 0.1) is 5.41 Å². The van der Waals surface area contributed by atoms with E-state index >= 15 is 0 Å². The third-order valence-electron chi connectivity index (χ3n) is 4.02. The van der Waals surface area contributed by atoms with Gasteiger partial charge in [-0.05, 0) is 6.42 Å². The van der Waals surface area contributed by atoms with Crippen LogP contribution in [0.1, 0.15) is 6.42 Å². The van der Waals surface area contributed by atoms with Crippen LogP contribution in [0.2, 0.25) is 0 Å². The van der Waals surface area contributed by atoms with E-state index in [0.717, 1.165) is 0 Å². The topological polar surface area (TPSA) is 70.1 Å². The van der Waals surface area contributed by atoms with E-state index in [4.69, 9.17) is 9.84 Å². The van der Waals surface area contributed by atoms with Crippen LogP contribution in [-0.2, 0) is 14.3 Å². The standard InChI is InChI=1S/C12H17F3N2O4/c13-12(14,15)11(10(19)20)1-2-16(8-11)7-9(18)17-3-5-21-6-4-17/h1-8H2,(H,19,20). The molecule has 120 valence electrons. The van der Waals surface area contributed by atoms with Crippen molar-refractivity contribution in [1.29, 1.82) is 0 Å². The van der Waals surface area contributed by atoms with Gasteiger partial charge in [-0.1, -0.05) is 0 Å². The van der Waals surface area contributed by atoms with Gasteiger partial charge in [0.2, 0.25) is 5.91 Å². The highest BCUT2D eigenvalue weighted by molar-refractivity contribution is 5.79. The third kappa shape index (κ3) is 3.13. The molecule has 6 nitrogen and oxygen atoms in total. The first-order chi connectivity index (χ1) is 9.76. The summed E-state index contributed by atoms with van der Waals surface area (Å²) in [5.74, 6) is -2.17. The van der Waals surface area contributed by atoms with Crippen LogP contribution in [0.5, 0.6) is 0 Å². The second-order valence-electron chi connectivity index (χ2n) is 5.34. The minimum absolute atomic E-state index is 0.0537. The lowest BCUT2D eigenvalue weighted by Gasteiger charge is -2.30. The predicted octanol–water partition coefficient (Wildman–Crippen LogP) is 0.184. The van der Waals surface area contributed by atoms with Gasteiger partial charge in [-0.3, -0.25) is 14.5 Å². The molecule has 0 aromatic rings. The Morgan fingerprint density at radius 1 is 1.19 bits per heavy atom. The average molecular weight is 310 g/mol. The minimum atomic E-state index is -4.82. The number of carbonyl (C=O) groups excluding carboxylic acids is 1. The van der Waals surface area contributed by atoms with Crippen molar-refractivity contribution >= 4 is 11.9 Å². The quantitative estimate of drug-likeness (QED) is 0.805. The molecule has 1 atom stereocenters.